The van der Waals surface area contributed by atoms with Gasteiger partial charge in [0, 0.05) is 21.8 Å². The van der Waals surface area contributed by atoms with E-state index in [-0.39, 0.29) is 0 Å². The SMILES string of the molecule is COC1=Cc2c(N)nc3c(Br)cc(C(C)C)cc3c2CC1. The molecule has 21 heavy (non-hydrogen) atoms. The molecule has 1 aliphatic rings. The van der Waals surface area contributed by atoms with Crippen molar-refractivity contribution in [2.45, 2.75) is 32.6 Å². The average molecular weight is 347 g/mol. The van der Waals surface area contributed by atoms with Crippen molar-refractivity contribution in [3.05, 3.63) is 39.1 Å². The van der Waals surface area contributed by atoms with Gasteiger partial charge in [0.1, 0.15) is 5.82 Å². The second-order valence-corrected chi connectivity index (χ2v) is 6.61. The van der Waals surface area contributed by atoms with Crippen molar-refractivity contribution in [3.63, 3.8) is 0 Å². The molecule has 0 unspecified atom stereocenters. The number of nitrogen functional groups attached to an aromatic ring is 1. The molecule has 0 aliphatic heterocycles. The predicted molar refractivity (Wildman–Crippen MR) is 91.3 cm³/mol. The van der Waals surface area contributed by atoms with Gasteiger partial charge in [-0.15, -0.1) is 0 Å². The molecule has 0 bridgehead atoms. The number of hydrogen-bond acceptors (Lipinski definition) is 3. The topological polar surface area (TPSA) is 48.1 Å². The Balaban J connectivity index is 2.34. The van der Waals surface area contributed by atoms with Gasteiger partial charge in [0.15, 0.2) is 0 Å². The smallest absolute Gasteiger partial charge is 0.131 e. The van der Waals surface area contributed by atoms with E-state index in [1.54, 1.807) is 7.11 Å². The molecule has 0 fully saturated rings. The molecule has 0 atom stereocenters. The summed E-state index contributed by atoms with van der Waals surface area (Å²) in [7, 11) is 1.70. The first-order valence-electron chi connectivity index (χ1n) is 7.17. The Morgan fingerprint density at radius 3 is 2.71 bits per heavy atom. The lowest BCUT2D eigenvalue weighted by molar-refractivity contribution is 0.280. The average Bonchev–Trinajstić information content (AvgIpc) is 2.47. The van der Waals surface area contributed by atoms with Crippen LogP contribution in [0.2, 0.25) is 0 Å². The quantitative estimate of drug-likeness (QED) is 0.861. The number of nitrogens with zero attached hydrogens (tertiary/aromatic N) is 1. The zero-order valence-corrected chi connectivity index (χ0v) is 14.1. The summed E-state index contributed by atoms with van der Waals surface area (Å²) in [5, 5.41) is 1.20. The molecule has 0 amide bonds. The van der Waals surface area contributed by atoms with E-state index >= 15 is 0 Å². The molecule has 0 spiro atoms. The molecular weight excluding hydrogens is 328 g/mol. The molecule has 0 saturated heterocycles. The van der Waals surface area contributed by atoms with Crippen molar-refractivity contribution in [1.29, 1.82) is 0 Å². The van der Waals surface area contributed by atoms with Gasteiger partial charge in [-0.25, -0.2) is 4.98 Å². The van der Waals surface area contributed by atoms with Gasteiger partial charge in [0.05, 0.1) is 18.4 Å². The Morgan fingerprint density at radius 2 is 2.05 bits per heavy atom. The van der Waals surface area contributed by atoms with Crippen LogP contribution >= 0.6 is 15.9 Å². The summed E-state index contributed by atoms with van der Waals surface area (Å²) < 4.78 is 6.38. The number of nitrogens with two attached hydrogens (primary N) is 1. The van der Waals surface area contributed by atoms with Crippen molar-refractivity contribution >= 4 is 38.7 Å². The molecule has 0 radical (unpaired) electrons. The summed E-state index contributed by atoms with van der Waals surface area (Å²) in [6, 6.07) is 4.40. The van der Waals surface area contributed by atoms with E-state index in [0.29, 0.717) is 11.7 Å². The van der Waals surface area contributed by atoms with Crippen LogP contribution in [-0.2, 0) is 11.2 Å². The lowest BCUT2D eigenvalue weighted by Gasteiger charge is -2.20. The maximum Gasteiger partial charge on any atom is 0.131 e. The van der Waals surface area contributed by atoms with E-state index in [9.17, 15) is 0 Å². The molecule has 4 heteroatoms. The molecule has 2 N–H and O–H groups in total. The molecule has 2 aromatic rings. The molecule has 110 valence electrons. The fraction of sp³-hybridized carbons (Fsp3) is 0.353. The van der Waals surface area contributed by atoms with Crippen molar-refractivity contribution in [1.82, 2.24) is 4.98 Å². The number of halogens is 1. The van der Waals surface area contributed by atoms with Crippen LogP contribution in [0.25, 0.3) is 17.0 Å². The van der Waals surface area contributed by atoms with Gasteiger partial charge in [0.25, 0.3) is 0 Å². The molecule has 1 aromatic heterocycles. The Bertz CT molecular complexity index is 750. The molecular formula is C17H19BrN2O. The summed E-state index contributed by atoms with van der Waals surface area (Å²) in [5.41, 5.74) is 10.7. The van der Waals surface area contributed by atoms with E-state index in [4.69, 9.17) is 10.5 Å². The van der Waals surface area contributed by atoms with Crippen LogP contribution in [0.3, 0.4) is 0 Å². The lowest BCUT2D eigenvalue weighted by atomic mass is 9.91. The van der Waals surface area contributed by atoms with Gasteiger partial charge in [-0.05, 0) is 57.6 Å². The van der Waals surface area contributed by atoms with Crippen molar-refractivity contribution < 1.29 is 4.74 Å². The summed E-state index contributed by atoms with van der Waals surface area (Å²) in [5.74, 6) is 2.02. The Labute approximate surface area is 133 Å². The predicted octanol–water partition coefficient (Wildman–Crippen LogP) is 4.64. The Hall–Kier alpha value is -1.55. The largest absolute Gasteiger partial charge is 0.501 e. The fourth-order valence-electron chi connectivity index (χ4n) is 2.85. The van der Waals surface area contributed by atoms with Crippen LogP contribution in [0.1, 0.15) is 42.9 Å². The van der Waals surface area contributed by atoms with E-state index in [2.05, 4.69) is 46.9 Å². The van der Waals surface area contributed by atoms with Gasteiger partial charge in [-0.2, -0.15) is 0 Å². The minimum atomic E-state index is 0.479. The third-order valence-electron chi connectivity index (χ3n) is 4.10. The number of pyridine rings is 1. The number of fused-ring (bicyclic) bond motifs is 3. The van der Waals surface area contributed by atoms with Gasteiger partial charge in [-0.3, -0.25) is 0 Å². The van der Waals surface area contributed by atoms with Gasteiger partial charge < -0.3 is 10.5 Å². The number of allylic oxidation sites excluding steroid dienone is 1. The number of methoxy groups -OCH3 is 1. The first-order valence-corrected chi connectivity index (χ1v) is 7.96. The minimum absolute atomic E-state index is 0.479. The summed E-state index contributed by atoms with van der Waals surface area (Å²) in [6.45, 7) is 4.40. The molecule has 3 rings (SSSR count). The zero-order valence-electron chi connectivity index (χ0n) is 12.5. The van der Waals surface area contributed by atoms with Crippen LogP contribution < -0.4 is 5.73 Å². The van der Waals surface area contributed by atoms with Gasteiger partial charge in [-0.1, -0.05) is 13.8 Å². The van der Waals surface area contributed by atoms with E-state index in [1.165, 1.54) is 16.5 Å². The summed E-state index contributed by atoms with van der Waals surface area (Å²) in [6.07, 6.45) is 3.87. The number of ether oxygens (including phenoxy) is 1. The minimum Gasteiger partial charge on any atom is -0.501 e. The molecule has 0 saturated carbocycles. The first-order chi connectivity index (χ1) is 10.0. The van der Waals surface area contributed by atoms with Crippen LogP contribution in [0.4, 0.5) is 5.82 Å². The highest BCUT2D eigenvalue weighted by molar-refractivity contribution is 9.10. The molecule has 1 aromatic carbocycles. The van der Waals surface area contributed by atoms with Crippen molar-refractivity contribution in [3.8, 4) is 0 Å². The third kappa shape index (κ3) is 2.42. The van der Waals surface area contributed by atoms with Crippen LogP contribution in [0.15, 0.2) is 22.4 Å². The van der Waals surface area contributed by atoms with Crippen LogP contribution in [-0.4, -0.2) is 12.1 Å². The van der Waals surface area contributed by atoms with E-state index < -0.39 is 0 Å². The highest BCUT2D eigenvalue weighted by Crippen LogP contribution is 2.37. The third-order valence-corrected chi connectivity index (χ3v) is 4.70. The van der Waals surface area contributed by atoms with Gasteiger partial charge in [0.2, 0.25) is 0 Å². The Kier molecular flexibility index (Phi) is 3.66. The van der Waals surface area contributed by atoms with E-state index in [1.807, 2.05) is 6.08 Å². The molecule has 3 nitrogen and oxygen atoms in total. The standard InChI is InChI=1S/C17H19BrN2O/c1-9(2)10-6-13-12-5-4-11(21-3)8-14(12)17(19)20-16(13)15(18)7-10/h6-9H,4-5H2,1-3H3,(H2,19,20). The second kappa shape index (κ2) is 5.34. The van der Waals surface area contributed by atoms with Crippen molar-refractivity contribution in [2.24, 2.45) is 0 Å². The zero-order chi connectivity index (χ0) is 15.1. The first kappa shape index (κ1) is 14.4. The fourth-order valence-corrected chi connectivity index (χ4v) is 3.42. The maximum atomic E-state index is 6.16. The number of benzene rings is 1. The second-order valence-electron chi connectivity index (χ2n) is 5.76. The Morgan fingerprint density at radius 1 is 1.29 bits per heavy atom. The highest BCUT2D eigenvalue weighted by Gasteiger charge is 2.19. The number of aromatic nitrogens is 1. The normalized spacial score (nSPS) is 14.2. The van der Waals surface area contributed by atoms with E-state index in [0.717, 1.165) is 34.2 Å². The van der Waals surface area contributed by atoms with Gasteiger partial charge >= 0.3 is 0 Å². The monoisotopic (exact) mass is 346 g/mol. The number of anilines is 1. The van der Waals surface area contributed by atoms with Crippen LogP contribution in [0.5, 0.6) is 0 Å². The summed E-state index contributed by atoms with van der Waals surface area (Å²) in [4.78, 5) is 4.59. The molecule has 1 heterocycles. The molecule has 1 aliphatic carbocycles. The number of hydrogen-bond donors (Lipinski definition) is 1. The maximum absolute atomic E-state index is 6.16. The summed E-state index contributed by atoms with van der Waals surface area (Å²) >= 11 is 3.65. The number of rotatable bonds is 2. The van der Waals surface area contributed by atoms with Crippen molar-refractivity contribution in [2.75, 3.05) is 12.8 Å². The number of aryl methyl sites for hydroxylation is 1. The lowest BCUT2D eigenvalue weighted by Crippen LogP contribution is -2.07. The van der Waals surface area contributed by atoms with Crippen LogP contribution in [0, 0.1) is 0 Å². The highest BCUT2D eigenvalue weighted by atomic mass is 79.9.